The van der Waals surface area contributed by atoms with Crippen LogP contribution in [-0.2, 0) is 11.4 Å². The summed E-state index contributed by atoms with van der Waals surface area (Å²) in [4.78, 5) is 0. The standard InChI is InChI=1S/C6H10.H2O3S/c1-2-5-4-6(5)3-1;1-4(2)3/h5-6H,1-4H2;(H2,1,2,3)/p-1. The van der Waals surface area contributed by atoms with Gasteiger partial charge in [0.05, 0.1) is 11.4 Å². The number of hydrogen-bond donors (Lipinski definition) is 1. The Kier molecular flexibility index (Phi) is 2.82. The Labute approximate surface area is 62.9 Å². The smallest absolute Gasteiger partial charge is 0.0814 e. The highest BCUT2D eigenvalue weighted by Gasteiger charge is 2.40. The van der Waals surface area contributed by atoms with Gasteiger partial charge in [-0.2, -0.15) is 0 Å². The Morgan fingerprint density at radius 2 is 1.80 bits per heavy atom. The molecule has 10 heavy (non-hydrogen) atoms. The van der Waals surface area contributed by atoms with Crippen LogP contribution < -0.4 is 0 Å². The number of hydrogen-bond acceptors (Lipinski definition) is 2. The van der Waals surface area contributed by atoms with Crippen molar-refractivity contribution >= 4 is 11.4 Å². The predicted octanol–water partition coefficient (Wildman–Crippen LogP) is 1.14. The van der Waals surface area contributed by atoms with E-state index in [0.29, 0.717) is 0 Å². The Bertz CT molecular complexity index is 125. The van der Waals surface area contributed by atoms with Crippen LogP contribution in [0, 0.1) is 11.8 Å². The maximum Gasteiger partial charge on any atom is 0.0814 e. The van der Waals surface area contributed by atoms with Crippen LogP contribution in [0.2, 0.25) is 0 Å². The van der Waals surface area contributed by atoms with Crippen LogP contribution in [-0.4, -0.2) is 13.3 Å². The van der Waals surface area contributed by atoms with Crippen molar-refractivity contribution in [2.75, 3.05) is 0 Å². The highest BCUT2D eigenvalue weighted by atomic mass is 32.2. The molecule has 0 spiro atoms. The van der Waals surface area contributed by atoms with Crippen molar-refractivity contribution in [3.8, 4) is 0 Å². The fourth-order valence-electron chi connectivity index (χ4n) is 1.66. The molecule has 2 aliphatic rings. The van der Waals surface area contributed by atoms with E-state index in [1.165, 1.54) is 18.3 Å². The quantitative estimate of drug-likeness (QED) is 0.545. The summed E-state index contributed by atoms with van der Waals surface area (Å²) >= 11 is -2.86. The van der Waals surface area contributed by atoms with E-state index >= 15 is 0 Å². The maximum absolute atomic E-state index is 8.56. The molecule has 3 atom stereocenters. The van der Waals surface area contributed by atoms with Crippen molar-refractivity contribution in [3.63, 3.8) is 0 Å². The maximum atomic E-state index is 8.56. The molecule has 1 N–H and O–H groups in total. The van der Waals surface area contributed by atoms with Crippen LogP contribution in [0.4, 0.5) is 0 Å². The van der Waals surface area contributed by atoms with Crippen LogP contribution >= 0.6 is 0 Å². The lowest BCUT2D eigenvalue weighted by Crippen LogP contribution is -1.75. The van der Waals surface area contributed by atoms with Gasteiger partial charge in [-0.05, 0) is 18.3 Å². The first kappa shape index (κ1) is 8.17. The second-order valence-electron chi connectivity index (χ2n) is 2.90. The van der Waals surface area contributed by atoms with Gasteiger partial charge in [-0.3, -0.25) is 0 Å². The lowest BCUT2D eigenvalue weighted by atomic mass is 10.3. The highest BCUT2D eigenvalue weighted by Crippen LogP contribution is 2.51. The van der Waals surface area contributed by atoms with Crippen LogP contribution in [0.15, 0.2) is 0 Å². The van der Waals surface area contributed by atoms with Crippen molar-refractivity contribution in [3.05, 3.63) is 0 Å². The summed E-state index contributed by atoms with van der Waals surface area (Å²) in [5.74, 6) is 2.43. The summed E-state index contributed by atoms with van der Waals surface area (Å²) in [6.07, 6.45) is 6.24. The van der Waals surface area contributed by atoms with Crippen molar-refractivity contribution in [1.82, 2.24) is 0 Å². The summed E-state index contributed by atoms with van der Waals surface area (Å²) in [5.41, 5.74) is 0. The summed E-state index contributed by atoms with van der Waals surface area (Å²) in [7, 11) is 0. The van der Waals surface area contributed by atoms with E-state index in [9.17, 15) is 0 Å². The SMILES string of the molecule is C1CC2CC2C1.O=S([O-])O. The lowest BCUT2D eigenvalue weighted by molar-refractivity contribution is 0.436. The van der Waals surface area contributed by atoms with Gasteiger partial charge in [-0.1, -0.05) is 19.3 Å². The number of fused-ring (bicyclic) bond motifs is 1. The molecule has 0 radical (unpaired) electrons. The zero-order chi connectivity index (χ0) is 7.56. The van der Waals surface area contributed by atoms with E-state index in [2.05, 4.69) is 0 Å². The van der Waals surface area contributed by atoms with Gasteiger partial charge in [0.25, 0.3) is 0 Å². The molecule has 0 amide bonds. The first-order valence-electron chi connectivity index (χ1n) is 3.48. The first-order valence-corrected chi connectivity index (χ1v) is 4.51. The van der Waals surface area contributed by atoms with Crippen molar-refractivity contribution in [1.29, 1.82) is 0 Å². The van der Waals surface area contributed by atoms with Gasteiger partial charge in [0.15, 0.2) is 0 Å². The average Bonchev–Trinajstić information content (AvgIpc) is 2.40. The zero-order valence-electron chi connectivity index (χ0n) is 5.66. The lowest BCUT2D eigenvalue weighted by Gasteiger charge is -1.83. The van der Waals surface area contributed by atoms with Gasteiger partial charge in [0.2, 0.25) is 0 Å². The minimum Gasteiger partial charge on any atom is -0.750 e. The molecular weight excluding hydrogens is 152 g/mol. The average molecular weight is 163 g/mol. The molecule has 3 unspecified atom stereocenters. The molecule has 0 saturated heterocycles. The predicted molar refractivity (Wildman–Crippen MR) is 37.0 cm³/mol. The third kappa shape index (κ3) is 2.77. The molecule has 2 saturated carbocycles. The fraction of sp³-hybridized carbons (Fsp3) is 1.00. The molecule has 0 bridgehead atoms. The Morgan fingerprint density at radius 1 is 1.40 bits per heavy atom. The zero-order valence-corrected chi connectivity index (χ0v) is 6.47. The molecule has 2 fully saturated rings. The summed E-state index contributed by atoms with van der Waals surface area (Å²) in [5, 5.41) is 0. The van der Waals surface area contributed by atoms with Crippen LogP contribution in [0.5, 0.6) is 0 Å². The van der Waals surface area contributed by atoms with Crippen molar-refractivity contribution in [2.45, 2.75) is 25.7 Å². The normalized spacial score (nSPS) is 37.4. The molecule has 0 aromatic rings. The van der Waals surface area contributed by atoms with E-state index in [4.69, 9.17) is 13.3 Å². The van der Waals surface area contributed by atoms with E-state index in [0.717, 1.165) is 0 Å². The van der Waals surface area contributed by atoms with Crippen molar-refractivity contribution < 1.29 is 13.3 Å². The Hall–Kier alpha value is 0.0700. The second-order valence-corrected chi connectivity index (χ2v) is 3.34. The van der Waals surface area contributed by atoms with Gasteiger partial charge in [0, 0.05) is 0 Å². The molecule has 0 aliphatic heterocycles. The highest BCUT2D eigenvalue weighted by molar-refractivity contribution is 7.73. The molecule has 60 valence electrons. The third-order valence-corrected chi connectivity index (χ3v) is 2.22. The molecule has 2 rings (SSSR count). The summed E-state index contributed by atoms with van der Waals surface area (Å²) < 4.78 is 24.1. The van der Waals surface area contributed by atoms with Crippen LogP contribution in [0.1, 0.15) is 25.7 Å². The van der Waals surface area contributed by atoms with Gasteiger partial charge in [0.1, 0.15) is 0 Å². The Balaban J connectivity index is 0.000000112. The third-order valence-electron chi connectivity index (χ3n) is 2.22. The monoisotopic (exact) mass is 163 g/mol. The molecular formula is C6H11O3S-. The minimum absolute atomic E-state index is 1.21. The van der Waals surface area contributed by atoms with Crippen LogP contribution in [0.3, 0.4) is 0 Å². The molecule has 0 aromatic carbocycles. The molecule has 0 heterocycles. The summed E-state index contributed by atoms with van der Waals surface area (Å²) in [6, 6.07) is 0. The minimum atomic E-state index is -2.86. The van der Waals surface area contributed by atoms with Gasteiger partial charge < -0.3 is 9.11 Å². The fourth-order valence-corrected chi connectivity index (χ4v) is 1.66. The molecule has 0 aromatic heterocycles. The van der Waals surface area contributed by atoms with E-state index in [1.807, 2.05) is 0 Å². The number of rotatable bonds is 0. The molecule has 3 nitrogen and oxygen atoms in total. The van der Waals surface area contributed by atoms with Crippen molar-refractivity contribution in [2.24, 2.45) is 11.8 Å². The van der Waals surface area contributed by atoms with Gasteiger partial charge in [-0.15, -0.1) is 0 Å². The van der Waals surface area contributed by atoms with Crippen LogP contribution in [0.25, 0.3) is 0 Å². The van der Waals surface area contributed by atoms with E-state index < -0.39 is 11.4 Å². The molecule has 2 aliphatic carbocycles. The Morgan fingerprint density at radius 3 is 1.90 bits per heavy atom. The largest absolute Gasteiger partial charge is 0.750 e. The molecule has 4 heteroatoms. The second kappa shape index (κ2) is 3.46. The van der Waals surface area contributed by atoms with E-state index in [1.54, 1.807) is 19.3 Å². The van der Waals surface area contributed by atoms with Gasteiger partial charge >= 0.3 is 0 Å². The van der Waals surface area contributed by atoms with Gasteiger partial charge in [-0.25, -0.2) is 4.21 Å². The first-order chi connectivity index (χ1) is 4.70. The summed E-state index contributed by atoms with van der Waals surface area (Å²) in [6.45, 7) is 0. The topological polar surface area (TPSA) is 60.4 Å². The van der Waals surface area contributed by atoms with E-state index in [-0.39, 0.29) is 0 Å².